The Labute approximate surface area is 107 Å². The van der Waals surface area contributed by atoms with Gasteiger partial charge in [0.05, 0.1) is 0 Å². The van der Waals surface area contributed by atoms with Crippen molar-refractivity contribution in [2.45, 2.75) is 39.2 Å². The molecule has 1 N–H and O–H groups in total. The Morgan fingerprint density at radius 1 is 1.56 bits per heavy atom. The van der Waals surface area contributed by atoms with E-state index in [-0.39, 0.29) is 0 Å². The first kappa shape index (κ1) is 12.5. The van der Waals surface area contributed by atoms with Crippen molar-refractivity contribution in [3.8, 4) is 0 Å². The Morgan fingerprint density at radius 3 is 3.17 bits per heavy atom. The molecule has 0 amide bonds. The first-order chi connectivity index (χ1) is 8.70. The van der Waals surface area contributed by atoms with Crippen molar-refractivity contribution < 1.29 is 0 Å². The van der Waals surface area contributed by atoms with Crippen LogP contribution in [0.3, 0.4) is 0 Å². The van der Waals surface area contributed by atoms with Gasteiger partial charge in [-0.05, 0) is 33.1 Å². The lowest BCUT2D eigenvalue weighted by atomic mass is 10.1. The molecular formula is C13H19N5. The summed E-state index contributed by atoms with van der Waals surface area (Å²) in [7, 11) is 0. The normalized spacial score (nSPS) is 12.6. The Bertz CT molecular complexity index is 531. The summed E-state index contributed by atoms with van der Waals surface area (Å²) in [5.74, 6) is 1.58. The van der Waals surface area contributed by atoms with E-state index < -0.39 is 0 Å². The van der Waals surface area contributed by atoms with Gasteiger partial charge in [-0.3, -0.25) is 0 Å². The molecule has 0 bridgehead atoms. The summed E-state index contributed by atoms with van der Waals surface area (Å²) in [4.78, 5) is 8.43. The number of allylic oxidation sites excluding steroid dienone is 1. The van der Waals surface area contributed by atoms with Crippen molar-refractivity contribution in [3.63, 3.8) is 0 Å². The highest BCUT2D eigenvalue weighted by Gasteiger charge is 2.08. The van der Waals surface area contributed by atoms with E-state index in [1.807, 2.05) is 19.1 Å². The third-order valence-electron chi connectivity index (χ3n) is 2.82. The van der Waals surface area contributed by atoms with Gasteiger partial charge < -0.3 is 5.32 Å². The van der Waals surface area contributed by atoms with Crippen LogP contribution in [0.1, 0.15) is 31.9 Å². The lowest BCUT2D eigenvalue weighted by molar-refractivity contribution is 0.657. The second kappa shape index (κ2) is 5.62. The highest BCUT2D eigenvalue weighted by molar-refractivity contribution is 5.45. The summed E-state index contributed by atoms with van der Waals surface area (Å²) >= 11 is 0. The van der Waals surface area contributed by atoms with Gasteiger partial charge in [0, 0.05) is 17.8 Å². The zero-order chi connectivity index (χ0) is 13.0. The molecule has 0 aliphatic rings. The maximum absolute atomic E-state index is 4.32. The molecule has 0 radical (unpaired) electrons. The highest BCUT2D eigenvalue weighted by atomic mass is 15.4. The number of fused-ring (bicyclic) bond motifs is 1. The van der Waals surface area contributed by atoms with Crippen LogP contribution in [0, 0.1) is 6.92 Å². The lowest BCUT2D eigenvalue weighted by Gasteiger charge is -2.15. The standard InChI is InChI=1S/C13H19N5/c1-4-5-6-7-10(2)16-12-8-11(3)17-13-14-9-15-18(12)13/h4,8-10,16H,1,5-7H2,2-3H3. The van der Waals surface area contributed by atoms with Crippen LogP contribution < -0.4 is 5.32 Å². The molecule has 0 saturated carbocycles. The highest BCUT2D eigenvalue weighted by Crippen LogP contribution is 2.13. The van der Waals surface area contributed by atoms with E-state index in [4.69, 9.17) is 0 Å². The van der Waals surface area contributed by atoms with Gasteiger partial charge in [0.15, 0.2) is 0 Å². The lowest BCUT2D eigenvalue weighted by Crippen LogP contribution is -2.17. The van der Waals surface area contributed by atoms with Gasteiger partial charge in [-0.15, -0.1) is 6.58 Å². The van der Waals surface area contributed by atoms with Gasteiger partial charge in [0.25, 0.3) is 5.78 Å². The minimum Gasteiger partial charge on any atom is -0.367 e. The second-order valence-electron chi connectivity index (χ2n) is 4.52. The molecule has 5 nitrogen and oxygen atoms in total. The summed E-state index contributed by atoms with van der Waals surface area (Å²) < 4.78 is 1.73. The first-order valence-corrected chi connectivity index (χ1v) is 6.25. The Hall–Kier alpha value is -1.91. The predicted molar refractivity (Wildman–Crippen MR) is 72.7 cm³/mol. The number of anilines is 1. The number of aromatic nitrogens is 4. The fraction of sp³-hybridized carbons (Fsp3) is 0.462. The first-order valence-electron chi connectivity index (χ1n) is 6.25. The van der Waals surface area contributed by atoms with Crippen LogP contribution in [0.15, 0.2) is 25.0 Å². The molecule has 1 atom stereocenters. The molecule has 2 heterocycles. The fourth-order valence-electron chi connectivity index (χ4n) is 1.93. The molecule has 0 aliphatic carbocycles. The molecule has 0 spiro atoms. The minimum atomic E-state index is 0.388. The van der Waals surface area contributed by atoms with Gasteiger partial charge in [0.1, 0.15) is 12.1 Å². The average molecular weight is 245 g/mol. The Kier molecular flexibility index (Phi) is 3.92. The molecular weight excluding hydrogens is 226 g/mol. The second-order valence-corrected chi connectivity index (χ2v) is 4.52. The molecule has 2 aromatic heterocycles. The van der Waals surface area contributed by atoms with Crippen LogP contribution in [0.25, 0.3) is 5.78 Å². The van der Waals surface area contributed by atoms with E-state index in [1.54, 1.807) is 4.52 Å². The molecule has 2 rings (SSSR count). The summed E-state index contributed by atoms with van der Waals surface area (Å²) in [6, 6.07) is 2.38. The van der Waals surface area contributed by atoms with Crippen molar-refractivity contribution in [3.05, 3.63) is 30.7 Å². The van der Waals surface area contributed by atoms with Crippen molar-refractivity contribution in [2.75, 3.05) is 5.32 Å². The number of aryl methyl sites for hydroxylation is 1. The Balaban J connectivity index is 2.10. The number of hydrogen-bond donors (Lipinski definition) is 1. The molecule has 96 valence electrons. The van der Waals surface area contributed by atoms with Gasteiger partial charge in [-0.1, -0.05) is 6.08 Å². The quantitative estimate of drug-likeness (QED) is 0.628. The molecule has 5 heteroatoms. The molecule has 0 aliphatic heterocycles. The van der Waals surface area contributed by atoms with Crippen LogP contribution in [0.4, 0.5) is 5.82 Å². The van der Waals surface area contributed by atoms with E-state index in [2.05, 4.69) is 33.9 Å². The van der Waals surface area contributed by atoms with Crippen molar-refractivity contribution in [2.24, 2.45) is 0 Å². The SMILES string of the molecule is C=CCCCC(C)Nc1cc(C)nc2ncnn12. The van der Waals surface area contributed by atoms with Gasteiger partial charge in [0.2, 0.25) is 0 Å². The van der Waals surface area contributed by atoms with Gasteiger partial charge in [-0.25, -0.2) is 4.98 Å². The topological polar surface area (TPSA) is 55.1 Å². The van der Waals surface area contributed by atoms with E-state index in [1.165, 1.54) is 6.33 Å². The predicted octanol–water partition coefficient (Wildman–Crippen LogP) is 2.59. The summed E-state index contributed by atoms with van der Waals surface area (Å²) in [5.41, 5.74) is 0.941. The van der Waals surface area contributed by atoms with Crippen molar-refractivity contribution >= 4 is 11.6 Å². The summed E-state index contributed by atoms with van der Waals surface area (Å²) in [6.45, 7) is 7.86. The van der Waals surface area contributed by atoms with Crippen LogP contribution in [-0.2, 0) is 0 Å². The van der Waals surface area contributed by atoms with Crippen LogP contribution in [0.2, 0.25) is 0 Å². The molecule has 1 unspecified atom stereocenters. The fourth-order valence-corrected chi connectivity index (χ4v) is 1.93. The largest absolute Gasteiger partial charge is 0.367 e. The number of nitrogens with one attached hydrogen (secondary N) is 1. The van der Waals surface area contributed by atoms with Crippen molar-refractivity contribution in [1.82, 2.24) is 19.6 Å². The van der Waals surface area contributed by atoms with Crippen LogP contribution >= 0.6 is 0 Å². The van der Waals surface area contributed by atoms with Gasteiger partial charge in [-0.2, -0.15) is 14.6 Å². The summed E-state index contributed by atoms with van der Waals surface area (Å²) in [5, 5.41) is 7.63. The van der Waals surface area contributed by atoms with Crippen molar-refractivity contribution in [1.29, 1.82) is 0 Å². The Morgan fingerprint density at radius 2 is 2.39 bits per heavy atom. The van der Waals surface area contributed by atoms with Crippen LogP contribution in [0.5, 0.6) is 0 Å². The van der Waals surface area contributed by atoms with E-state index >= 15 is 0 Å². The zero-order valence-electron chi connectivity index (χ0n) is 10.9. The number of unbranched alkanes of at least 4 members (excludes halogenated alkanes) is 1. The van der Waals surface area contributed by atoms with Crippen LogP contribution in [-0.4, -0.2) is 25.6 Å². The smallest absolute Gasteiger partial charge is 0.254 e. The number of hydrogen-bond acceptors (Lipinski definition) is 4. The minimum absolute atomic E-state index is 0.388. The van der Waals surface area contributed by atoms with E-state index in [0.29, 0.717) is 11.8 Å². The monoisotopic (exact) mass is 245 g/mol. The zero-order valence-corrected chi connectivity index (χ0v) is 10.9. The maximum atomic E-state index is 4.32. The maximum Gasteiger partial charge on any atom is 0.254 e. The van der Waals surface area contributed by atoms with E-state index in [9.17, 15) is 0 Å². The molecule has 0 aromatic carbocycles. The average Bonchev–Trinajstić information content (AvgIpc) is 2.77. The van der Waals surface area contributed by atoms with Gasteiger partial charge >= 0.3 is 0 Å². The molecule has 18 heavy (non-hydrogen) atoms. The molecule has 0 saturated heterocycles. The molecule has 0 fully saturated rings. The number of nitrogens with zero attached hydrogens (tertiary/aromatic N) is 4. The number of rotatable bonds is 6. The van der Waals surface area contributed by atoms with E-state index in [0.717, 1.165) is 30.8 Å². The third-order valence-corrected chi connectivity index (χ3v) is 2.82. The summed E-state index contributed by atoms with van der Waals surface area (Å²) in [6.07, 6.45) is 6.78. The molecule has 2 aromatic rings. The third kappa shape index (κ3) is 2.85.